The van der Waals surface area contributed by atoms with E-state index in [1.165, 1.54) is 25.0 Å². The molecule has 0 unspecified atom stereocenters. The Labute approximate surface area is 54.8 Å². The molecule has 0 aromatic carbocycles. The molecule has 0 aromatic rings. The summed E-state index contributed by atoms with van der Waals surface area (Å²) in [6.45, 7) is 0. The highest BCUT2D eigenvalue weighted by atomic mass is 32.2. The molecule has 0 radical (unpaired) electrons. The molecule has 1 heterocycles. The minimum Gasteiger partial charge on any atom is -0.371 e. The van der Waals surface area contributed by atoms with E-state index in [4.69, 9.17) is 4.74 Å². The Morgan fingerprint density at radius 1 is 1.50 bits per heavy atom. The Balaban J connectivity index is 2.13. The lowest BCUT2D eigenvalue weighted by molar-refractivity contribution is 0.160. The van der Waals surface area contributed by atoms with Crippen molar-refractivity contribution >= 4 is 11.8 Å². The predicted molar refractivity (Wildman–Crippen MR) is 37.1 cm³/mol. The summed E-state index contributed by atoms with van der Waals surface area (Å²) in [7, 11) is 1.79. The Kier molecular flexibility index (Phi) is 2.70. The first kappa shape index (κ1) is 6.43. The van der Waals surface area contributed by atoms with E-state index < -0.39 is 0 Å². The van der Waals surface area contributed by atoms with Crippen molar-refractivity contribution in [3.05, 3.63) is 0 Å². The van der Waals surface area contributed by atoms with Crippen LogP contribution >= 0.6 is 11.8 Å². The predicted octanol–water partition coefficient (Wildman–Crippen LogP) is 1.88. The quantitative estimate of drug-likeness (QED) is 0.538. The largest absolute Gasteiger partial charge is 0.371 e. The van der Waals surface area contributed by atoms with Crippen LogP contribution in [-0.2, 0) is 4.74 Å². The molecule has 0 aliphatic carbocycles. The van der Waals surface area contributed by atoms with Gasteiger partial charge in [0.05, 0.1) is 0 Å². The van der Waals surface area contributed by atoms with E-state index in [0.29, 0.717) is 5.44 Å². The van der Waals surface area contributed by atoms with Gasteiger partial charge in [-0.2, -0.15) is 0 Å². The summed E-state index contributed by atoms with van der Waals surface area (Å²) in [4.78, 5) is 0. The fourth-order valence-electron chi connectivity index (χ4n) is 0.897. The number of ether oxygens (including phenoxy) is 1. The molecule has 0 bridgehead atoms. The van der Waals surface area contributed by atoms with Crippen LogP contribution in [0.2, 0.25) is 0 Å². The van der Waals surface area contributed by atoms with Crippen molar-refractivity contribution in [2.24, 2.45) is 0 Å². The topological polar surface area (TPSA) is 9.23 Å². The van der Waals surface area contributed by atoms with Crippen LogP contribution in [0.1, 0.15) is 19.3 Å². The van der Waals surface area contributed by atoms with Crippen LogP contribution in [0, 0.1) is 0 Å². The summed E-state index contributed by atoms with van der Waals surface area (Å²) in [6, 6.07) is 0. The van der Waals surface area contributed by atoms with Gasteiger partial charge in [0.25, 0.3) is 0 Å². The van der Waals surface area contributed by atoms with Crippen LogP contribution in [0.5, 0.6) is 0 Å². The van der Waals surface area contributed by atoms with Crippen molar-refractivity contribution in [2.45, 2.75) is 24.7 Å². The van der Waals surface area contributed by atoms with E-state index in [0.717, 1.165) is 0 Å². The van der Waals surface area contributed by atoms with Gasteiger partial charge in [0.2, 0.25) is 0 Å². The molecule has 0 aromatic heterocycles. The third-order valence-electron chi connectivity index (χ3n) is 1.40. The van der Waals surface area contributed by atoms with Crippen LogP contribution in [0.25, 0.3) is 0 Å². The summed E-state index contributed by atoms with van der Waals surface area (Å²) in [5.41, 5.74) is 0.503. The second kappa shape index (κ2) is 3.36. The van der Waals surface area contributed by atoms with Gasteiger partial charge in [-0.1, -0.05) is 0 Å². The first-order valence-corrected chi connectivity index (χ1v) is 4.13. The zero-order valence-corrected chi connectivity index (χ0v) is 6.04. The smallest absolute Gasteiger partial charge is 0.102 e. The molecule has 1 saturated heterocycles. The van der Waals surface area contributed by atoms with Crippen LogP contribution in [0.4, 0.5) is 0 Å². The lowest BCUT2D eigenvalue weighted by atomic mass is 10.2. The lowest BCUT2D eigenvalue weighted by Gasteiger charge is -2.18. The van der Waals surface area contributed by atoms with E-state index in [1.54, 1.807) is 7.11 Å². The summed E-state index contributed by atoms with van der Waals surface area (Å²) in [5, 5.41) is 0. The molecular formula is C6H12OS. The molecule has 48 valence electrons. The van der Waals surface area contributed by atoms with Gasteiger partial charge < -0.3 is 4.74 Å². The average molecular weight is 132 g/mol. The highest BCUT2D eigenvalue weighted by Gasteiger charge is 2.11. The van der Waals surface area contributed by atoms with Crippen molar-refractivity contribution < 1.29 is 4.74 Å². The summed E-state index contributed by atoms with van der Waals surface area (Å²) in [5.74, 6) is 1.29. The Morgan fingerprint density at radius 3 is 2.75 bits per heavy atom. The lowest BCUT2D eigenvalue weighted by Crippen LogP contribution is -2.10. The summed E-state index contributed by atoms with van der Waals surface area (Å²) in [6.07, 6.45) is 3.98. The third-order valence-corrected chi connectivity index (χ3v) is 2.73. The average Bonchev–Trinajstić information content (AvgIpc) is 1.90. The molecule has 1 atom stereocenters. The molecule has 0 N–H and O–H groups in total. The van der Waals surface area contributed by atoms with Gasteiger partial charge in [0.15, 0.2) is 0 Å². The highest BCUT2D eigenvalue weighted by Crippen LogP contribution is 2.24. The minimum absolute atomic E-state index is 0.503. The summed E-state index contributed by atoms with van der Waals surface area (Å²) >= 11 is 1.94. The van der Waals surface area contributed by atoms with E-state index in [2.05, 4.69) is 0 Å². The second-order valence-electron chi connectivity index (χ2n) is 2.03. The van der Waals surface area contributed by atoms with Crippen molar-refractivity contribution in [3.8, 4) is 0 Å². The monoisotopic (exact) mass is 132 g/mol. The molecule has 1 rings (SSSR count). The van der Waals surface area contributed by atoms with Crippen LogP contribution < -0.4 is 0 Å². The van der Waals surface area contributed by atoms with Crippen LogP contribution in [0.15, 0.2) is 0 Å². The maximum absolute atomic E-state index is 5.15. The van der Waals surface area contributed by atoms with E-state index in [9.17, 15) is 0 Å². The molecular weight excluding hydrogens is 120 g/mol. The molecule has 1 nitrogen and oxygen atoms in total. The van der Waals surface area contributed by atoms with Gasteiger partial charge >= 0.3 is 0 Å². The van der Waals surface area contributed by atoms with Crippen molar-refractivity contribution in [2.75, 3.05) is 12.9 Å². The van der Waals surface area contributed by atoms with E-state index in [1.807, 2.05) is 11.8 Å². The van der Waals surface area contributed by atoms with E-state index in [-0.39, 0.29) is 0 Å². The molecule has 1 aliphatic rings. The van der Waals surface area contributed by atoms with Crippen LogP contribution in [0.3, 0.4) is 0 Å². The molecule has 1 fully saturated rings. The standard InChI is InChI=1S/C6H12OS/c1-7-6-4-2-3-5-8-6/h6H,2-5H2,1H3/t6-/m1/s1. The second-order valence-corrected chi connectivity index (χ2v) is 3.30. The number of rotatable bonds is 1. The highest BCUT2D eigenvalue weighted by molar-refractivity contribution is 7.99. The molecule has 1 aliphatic heterocycles. The number of hydrogen-bond acceptors (Lipinski definition) is 2. The van der Waals surface area contributed by atoms with Crippen LogP contribution in [-0.4, -0.2) is 18.3 Å². The first-order valence-electron chi connectivity index (χ1n) is 3.08. The van der Waals surface area contributed by atoms with Gasteiger partial charge in [-0.15, -0.1) is 11.8 Å². The SMILES string of the molecule is CO[C@H]1CCCCS1. The number of methoxy groups -OCH3 is 1. The Bertz CT molecular complexity index is 59.5. The Morgan fingerprint density at radius 2 is 2.38 bits per heavy atom. The first-order chi connectivity index (χ1) is 3.93. The Hall–Kier alpha value is 0.310. The van der Waals surface area contributed by atoms with Crippen molar-refractivity contribution in [1.29, 1.82) is 0 Å². The van der Waals surface area contributed by atoms with Gasteiger partial charge in [0, 0.05) is 7.11 Å². The maximum atomic E-state index is 5.15. The van der Waals surface area contributed by atoms with Crippen molar-refractivity contribution in [1.82, 2.24) is 0 Å². The molecule has 2 heteroatoms. The maximum Gasteiger partial charge on any atom is 0.102 e. The van der Waals surface area contributed by atoms with Gasteiger partial charge in [-0.05, 0) is 25.0 Å². The van der Waals surface area contributed by atoms with Gasteiger partial charge in [-0.25, -0.2) is 0 Å². The summed E-state index contributed by atoms with van der Waals surface area (Å²) < 4.78 is 5.15. The number of hydrogen-bond donors (Lipinski definition) is 0. The zero-order chi connectivity index (χ0) is 5.82. The van der Waals surface area contributed by atoms with Gasteiger partial charge in [0.1, 0.15) is 5.44 Å². The molecule has 0 amide bonds. The third kappa shape index (κ3) is 1.67. The molecule has 0 spiro atoms. The fourth-order valence-corrected chi connectivity index (χ4v) is 2.00. The zero-order valence-electron chi connectivity index (χ0n) is 5.22. The van der Waals surface area contributed by atoms with Gasteiger partial charge in [-0.3, -0.25) is 0 Å². The van der Waals surface area contributed by atoms with Crippen molar-refractivity contribution in [3.63, 3.8) is 0 Å². The normalized spacial score (nSPS) is 30.4. The number of thioether (sulfide) groups is 1. The molecule has 8 heavy (non-hydrogen) atoms. The minimum atomic E-state index is 0.503. The fraction of sp³-hybridized carbons (Fsp3) is 1.00. The molecule has 0 saturated carbocycles. The van der Waals surface area contributed by atoms with E-state index >= 15 is 0 Å².